The zero-order valence-electron chi connectivity index (χ0n) is 13.2. The number of cyclic esters (lactones) is 2. The number of hydrogen-bond acceptors (Lipinski definition) is 5. The zero-order valence-corrected chi connectivity index (χ0v) is 13.2. The second-order valence-electron chi connectivity index (χ2n) is 6.45. The van der Waals surface area contributed by atoms with E-state index in [1.54, 1.807) is 0 Å². The van der Waals surface area contributed by atoms with Crippen LogP contribution in [0.2, 0.25) is 0 Å². The Morgan fingerprint density at radius 3 is 1.91 bits per heavy atom. The summed E-state index contributed by atoms with van der Waals surface area (Å²) in [4.78, 5) is 47.4. The van der Waals surface area contributed by atoms with E-state index in [9.17, 15) is 24.3 Å². The Morgan fingerprint density at radius 1 is 0.957 bits per heavy atom. The normalized spacial score (nSPS) is 32.4. The Morgan fingerprint density at radius 2 is 1.43 bits per heavy atom. The van der Waals surface area contributed by atoms with Gasteiger partial charge in [0.25, 0.3) is 0 Å². The van der Waals surface area contributed by atoms with E-state index in [2.05, 4.69) is 5.32 Å². The SMILES string of the molecule is CNC(=O)[C@@H]1CCC2CCC(CCC(C(=O)O)C1)C(=O)OC2=O. The summed E-state index contributed by atoms with van der Waals surface area (Å²) in [5.41, 5.74) is 0. The molecular formula is C16H23NO6. The number of rotatable bonds is 2. The van der Waals surface area contributed by atoms with E-state index in [1.165, 1.54) is 7.05 Å². The number of carbonyl (C=O) groups excluding carboxylic acids is 3. The molecule has 3 unspecified atom stereocenters. The van der Waals surface area contributed by atoms with Gasteiger partial charge in [0.05, 0.1) is 17.8 Å². The Kier molecular flexibility index (Phi) is 5.74. The molecule has 7 nitrogen and oxygen atoms in total. The molecule has 0 aromatic carbocycles. The number of hydrogen-bond donors (Lipinski definition) is 2. The summed E-state index contributed by atoms with van der Waals surface area (Å²) in [5, 5.41) is 12.0. The molecule has 1 saturated heterocycles. The number of amides is 1. The van der Waals surface area contributed by atoms with E-state index in [-0.39, 0.29) is 12.3 Å². The largest absolute Gasteiger partial charge is 0.481 e. The first-order valence-electron chi connectivity index (χ1n) is 8.12. The molecule has 7 heteroatoms. The van der Waals surface area contributed by atoms with Crippen molar-refractivity contribution in [2.75, 3.05) is 7.05 Å². The maximum Gasteiger partial charge on any atom is 0.316 e. The lowest BCUT2D eigenvalue weighted by Crippen LogP contribution is -2.32. The topological polar surface area (TPSA) is 110 Å². The second-order valence-corrected chi connectivity index (χ2v) is 6.45. The highest BCUT2D eigenvalue weighted by molar-refractivity contribution is 5.89. The number of nitrogens with one attached hydrogen (secondary N) is 1. The average Bonchev–Trinajstić information content (AvgIpc) is 2.66. The van der Waals surface area contributed by atoms with E-state index >= 15 is 0 Å². The molecule has 2 N–H and O–H groups in total. The van der Waals surface area contributed by atoms with Gasteiger partial charge < -0.3 is 15.2 Å². The average molecular weight is 325 g/mol. The third-order valence-electron chi connectivity index (χ3n) is 4.99. The van der Waals surface area contributed by atoms with Crippen LogP contribution in [-0.2, 0) is 23.9 Å². The molecule has 0 spiro atoms. The summed E-state index contributed by atoms with van der Waals surface area (Å²) in [5.74, 6) is -4.13. The van der Waals surface area contributed by atoms with Crippen molar-refractivity contribution in [3.63, 3.8) is 0 Å². The number of carbonyl (C=O) groups is 4. The lowest BCUT2D eigenvalue weighted by molar-refractivity contribution is -0.164. The fourth-order valence-electron chi connectivity index (χ4n) is 3.48. The molecule has 0 aromatic rings. The molecule has 0 radical (unpaired) electrons. The van der Waals surface area contributed by atoms with Crippen molar-refractivity contribution in [2.45, 2.75) is 44.9 Å². The monoisotopic (exact) mass is 325 g/mol. The quantitative estimate of drug-likeness (QED) is 0.581. The summed E-state index contributed by atoms with van der Waals surface area (Å²) in [6.45, 7) is 0. The van der Waals surface area contributed by atoms with Gasteiger partial charge in [-0.1, -0.05) is 0 Å². The third-order valence-corrected chi connectivity index (χ3v) is 4.99. The van der Waals surface area contributed by atoms with Crippen LogP contribution in [0, 0.1) is 23.7 Å². The first-order valence-corrected chi connectivity index (χ1v) is 8.12. The lowest BCUT2D eigenvalue weighted by atomic mass is 9.85. The van der Waals surface area contributed by atoms with Crippen molar-refractivity contribution in [2.24, 2.45) is 23.7 Å². The molecular weight excluding hydrogens is 302 g/mol. The van der Waals surface area contributed by atoms with Crippen LogP contribution in [0.4, 0.5) is 0 Å². The number of esters is 2. The molecule has 1 saturated carbocycles. The van der Waals surface area contributed by atoms with Gasteiger partial charge in [-0.25, -0.2) is 0 Å². The molecule has 1 aliphatic heterocycles. The summed E-state index contributed by atoms with van der Waals surface area (Å²) in [7, 11) is 1.52. The van der Waals surface area contributed by atoms with Gasteiger partial charge in [-0.3, -0.25) is 19.2 Å². The number of fused-ring (bicyclic) bond motifs is 3. The van der Waals surface area contributed by atoms with E-state index in [0.29, 0.717) is 38.5 Å². The molecule has 2 aliphatic rings. The van der Waals surface area contributed by atoms with Crippen LogP contribution >= 0.6 is 0 Å². The number of ether oxygens (including phenoxy) is 1. The molecule has 1 amide bonds. The summed E-state index contributed by atoms with van der Waals surface area (Å²) in [6, 6.07) is 0. The number of aliphatic carboxylic acids is 1. The molecule has 2 rings (SSSR count). The van der Waals surface area contributed by atoms with E-state index < -0.39 is 41.6 Å². The highest BCUT2D eigenvalue weighted by atomic mass is 16.6. The van der Waals surface area contributed by atoms with Crippen molar-refractivity contribution in [1.82, 2.24) is 5.32 Å². The Bertz CT molecular complexity index is 503. The second kappa shape index (κ2) is 7.57. The van der Waals surface area contributed by atoms with Crippen LogP contribution < -0.4 is 5.32 Å². The number of carboxylic acid groups (broad SMARTS) is 1. The highest BCUT2D eigenvalue weighted by Crippen LogP contribution is 2.33. The molecule has 4 atom stereocenters. The minimum absolute atomic E-state index is 0.202. The maximum absolute atomic E-state index is 12.0. The van der Waals surface area contributed by atoms with Gasteiger partial charge in [-0.2, -0.15) is 0 Å². The first-order chi connectivity index (χ1) is 10.9. The molecule has 128 valence electrons. The van der Waals surface area contributed by atoms with Crippen LogP contribution in [0.1, 0.15) is 44.9 Å². The smallest absolute Gasteiger partial charge is 0.316 e. The Hall–Kier alpha value is -1.92. The highest BCUT2D eigenvalue weighted by Gasteiger charge is 2.36. The predicted octanol–water partition coefficient (Wildman–Crippen LogP) is 1.11. The van der Waals surface area contributed by atoms with Crippen LogP contribution in [-0.4, -0.2) is 36.0 Å². The van der Waals surface area contributed by atoms with Crippen LogP contribution in [0.25, 0.3) is 0 Å². The zero-order chi connectivity index (χ0) is 17.0. The van der Waals surface area contributed by atoms with Crippen LogP contribution in [0.15, 0.2) is 0 Å². The molecule has 1 aliphatic carbocycles. The van der Waals surface area contributed by atoms with Crippen LogP contribution in [0.3, 0.4) is 0 Å². The van der Waals surface area contributed by atoms with Gasteiger partial charge >= 0.3 is 17.9 Å². The van der Waals surface area contributed by atoms with Gasteiger partial charge in [0.15, 0.2) is 0 Å². The van der Waals surface area contributed by atoms with Gasteiger partial charge in [0, 0.05) is 13.0 Å². The maximum atomic E-state index is 12.0. The minimum atomic E-state index is -0.949. The van der Waals surface area contributed by atoms with E-state index in [1.807, 2.05) is 0 Å². The molecule has 23 heavy (non-hydrogen) atoms. The van der Waals surface area contributed by atoms with E-state index in [4.69, 9.17) is 4.74 Å². The minimum Gasteiger partial charge on any atom is -0.481 e. The van der Waals surface area contributed by atoms with Gasteiger partial charge in [0.1, 0.15) is 0 Å². The fourth-order valence-corrected chi connectivity index (χ4v) is 3.48. The van der Waals surface area contributed by atoms with Gasteiger partial charge in [-0.05, 0) is 44.9 Å². The molecule has 2 bridgehead atoms. The summed E-state index contributed by atoms with van der Waals surface area (Å²) < 4.78 is 4.90. The van der Waals surface area contributed by atoms with Crippen molar-refractivity contribution < 1.29 is 29.0 Å². The van der Waals surface area contributed by atoms with Crippen molar-refractivity contribution in [3.05, 3.63) is 0 Å². The fraction of sp³-hybridized carbons (Fsp3) is 0.750. The Balaban J connectivity index is 2.22. The van der Waals surface area contributed by atoms with E-state index in [0.717, 1.165) is 0 Å². The molecule has 1 heterocycles. The van der Waals surface area contributed by atoms with Crippen molar-refractivity contribution in [1.29, 1.82) is 0 Å². The third kappa shape index (κ3) is 4.30. The summed E-state index contributed by atoms with van der Waals surface area (Å²) in [6.07, 6.45) is 2.85. The van der Waals surface area contributed by atoms with Gasteiger partial charge in [0.2, 0.25) is 5.91 Å². The van der Waals surface area contributed by atoms with Crippen LogP contribution in [0.5, 0.6) is 0 Å². The standard InChI is InChI=1S/C16H23NO6/c1-17-13(18)11-6-4-9-2-3-10(16(22)23-15(9)21)5-7-12(8-11)14(19)20/h9-12H,2-8H2,1H3,(H,17,18)(H,19,20)/t9?,10?,11-,12?/m1/s1. The van der Waals surface area contributed by atoms with Gasteiger partial charge in [-0.15, -0.1) is 0 Å². The lowest BCUT2D eigenvalue weighted by Gasteiger charge is -2.22. The molecule has 0 aromatic heterocycles. The number of carboxylic acids is 1. The first kappa shape index (κ1) is 17.4. The Labute approximate surface area is 134 Å². The van der Waals surface area contributed by atoms with Crippen molar-refractivity contribution >= 4 is 23.8 Å². The molecule has 2 fully saturated rings. The van der Waals surface area contributed by atoms with Crippen molar-refractivity contribution in [3.8, 4) is 0 Å². The summed E-state index contributed by atoms with van der Waals surface area (Å²) >= 11 is 0. The predicted molar refractivity (Wildman–Crippen MR) is 79.1 cm³/mol.